The molecular formula is C23H23F3N4O3. The van der Waals surface area contributed by atoms with Gasteiger partial charge in [0.25, 0.3) is 5.56 Å². The Labute approximate surface area is 187 Å². The van der Waals surface area contributed by atoms with E-state index < -0.39 is 23.0 Å². The van der Waals surface area contributed by atoms with Gasteiger partial charge in [-0.15, -0.1) is 0 Å². The first-order valence-corrected chi connectivity index (χ1v) is 10.6. The lowest BCUT2D eigenvalue weighted by Gasteiger charge is -2.35. The van der Waals surface area contributed by atoms with Crippen molar-refractivity contribution in [3.8, 4) is 0 Å². The Kier molecular flexibility index (Phi) is 6.37. The smallest absolute Gasteiger partial charge is 0.340 e. The van der Waals surface area contributed by atoms with Crippen molar-refractivity contribution in [1.29, 1.82) is 0 Å². The number of H-pyrrole nitrogens is 1. The second-order valence-electron chi connectivity index (χ2n) is 8.03. The Morgan fingerprint density at radius 2 is 1.61 bits per heavy atom. The van der Waals surface area contributed by atoms with E-state index in [4.69, 9.17) is 0 Å². The standard InChI is InChI=1S/C23H23F3N4O3/c24-23(25,26)17-7-5-16(6-8-17)15-28-11-13-29(14-12-28)20(31)9-10-30-19-4-2-1-3-18(19)21(32)27-22(30)33/h1-8H,9-15H2,(H,27,32,33). The third-order valence-electron chi connectivity index (χ3n) is 5.87. The molecule has 0 radical (unpaired) electrons. The number of nitrogens with zero attached hydrogens (tertiary/aromatic N) is 3. The molecule has 1 aliphatic rings. The normalized spacial score (nSPS) is 15.2. The number of piperazine rings is 1. The first-order valence-electron chi connectivity index (χ1n) is 10.6. The minimum atomic E-state index is -4.35. The molecule has 3 aromatic rings. The van der Waals surface area contributed by atoms with Crippen LogP contribution in [0.1, 0.15) is 17.5 Å². The molecule has 1 aromatic heterocycles. The van der Waals surface area contributed by atoms with Gasteiger partial charge in [-0.25, -0.2) is 4.79 Å². The molecule has 0 saturated carbocycles. The van der Waals surface area contributed by atoms with Gasteiger partial charge in [-0.05, 0) is 29.8 Å². The molecule has 1 fully saturated rings. The minimum Gasteiger partial charge on any atom is -0.340 e. The summed E-state index contributed by atoms with van der Waals surface area (Å²) in [7, 11) is 0. The molecule has 0 atom stereocenters. The van der Waals surface area contributed by atoms with Gasteiger partial charge in [-0.1, -0.05) is 24.3 Å². The molecular weight excluding hydrogens is 437 g/mol. The molecule has 7 nitrogen and oxygen atoms in total. The quantitative estimate of drug-likeness (QED) is 0.635. The largest absolute Gasteiger partial charge is 0.416 e. The number of aryl methyl sites for hydroxylation is 1. The molecule has 0 aliphatic carbocycles. The maximum atomic E-state index is 12.7. The average molecular weight is 460 g/mol. The van der Waals surface area contributed by atoms with Crippen molar-refractivity contribution in [1.82, 2.24) is 19.4 Å². The van der Waals surface area contributed by atoms with Gasteiger partial charge in [0.2, 0.25) is 5.91 Å². The number of hydrogen-bond acceptors (Lipinski definition) is 4. The highest BCUT2D eigenvalue weighted by Gasteiger charge is 2.30. The third-order valence-corrected chi connectivity index (χ3v) is 5.87. The van der Waals surface area contributed by atoms with Crippen LogP contribution >= 0.6 is 0 Å². The minimum absolute atomic E-state index is 0.0913. The van der Waals surface area contributed by atoms with Crippen LogP contribution in [-0.4, -0.2) is 51.4 Å². The van der Waals surface area contributed by atoms with Crippen molar-refractivity contribution in [2.75, 3.05) is 26.2 Å². The number of aromatic amines is 1. The summed E-state index contributed by atoms with van der Waals surface area (Å²) in [5, 5.41) is 0.390. The van der Waals surface area contributed by atoms with Crippen LogP contribution in [0.25, 0.3) is 10.9 Å². The molecule has 33 heavy (non-hydrogen) atoms. The summed E-state index contributed by atoms with van der Waals surface area (Å²) in [6.45, 7) is 2.88. The van der Waals surface area contributed by atoms with Crippen molar-refractivity contribution < 1.29 is 18.0 Å². The second kappa shape index (κ2) is 9.22. The number of para-hydroxylation sites is 1. The SMILES string of the molecule is O=C(CCn1c(=O)[nH]c(=O)c2ccccc21)N1CCN(Cc2ccc(C(F)(F)F)cc2)CC1. The summed E-state index contributed by atoms with van der Waals surface area (Å²) >= 11 is 0. The van der Waals surface area contributed by atoms with E-state index in [0.29, 0.717) is 43.6 Å². The van der Waals surface area contributed by atoms with E-state index in [1.807, 2.05) is 0 Å². The van der Waals surface area contributed by atoms with Crippen LogP contribution in [0.5, 0.6) is 0 Å². The Balaban J connectivity index is 1.32. The summed E-state index contributed by atoms with van der Waals surface area (Å²) in [5.74, 6) is -0.0913. The first-order chi connectivity index (χ1) is 15.7. The van der Waals surface area contributed by atoms with Crippen LogP contribution in [0.2, 0.25) is 0 Å². The number of benzene rings is 2. The lowest BCUT2D eigenvalue weighted by Crippen LogP contribution is -2.48. The number of halogens is 3. The summed E-state index contributed by atoms with van der Waals surface area (Å²) in [6, 6.07) is 11.9. The van der Waals surface area contributed by atoms with Crippen LogP contribution in [0.4, 0.5) is 13.2 Å². The van der Waals surface area contributed by atoms with E-state index in [0.717, 1.165) is 17.7 Å². The number of aromatic nitrogens is 2. The van der Waals surface area contributed by atoms with Crippen molar-refractivity contribution >= 4 is 16.8 Å². The zero-order valence-electron chi connectivity index (χ0n) is 17.8. The highest BCUT2D eigenvalue weighted by molar-refractivity contribution is 5.79. The van der Waals surface area contributed by atoms with Gasteiger partial charge in [0, 0.05) is 45.7 Å². The van der Waals surface area contributed by atoms with E-state index in [2.05, 4.69) is 9.88 Å². The van der Waals surface area contributed by atoms with Crippen LogP contribution in [0.3, 0.4) is 0 Å². The Morgan fingerprint density at radius 3 is 2.27 bits per heavy atom. The molecule has 0 bridgehead atoms. The zero-order chi connectivity index (χ0) is 23.6. The summed E-state index contributed by atoms with van der Waals surface area (Å²) in [5.41, 5.74) is -0.404. The van der Waals surface area contributed by atoms with Gasteiger partial charge in [-0.2, -0.15) is 13.2 Å². The molecule has 1 amide bonds. The first kappa shape index (κ1) is 22.8. The molecule has 1 N–H and O–H groups in total. The fourth-order valence-electron chi connectivity index (χ4n) is 4.04. The van der Waals surface area contributed by atoms with Gasteiger partial charge in [-0.3, -0.25) is 24.0 Å². The monoisotopic (exact) mass is 460 g/mol. The molecule has 1 aliphatic heterocycles. The second-order valence-corrected chi connectivity index (χ2v) is 8.03. The van der Waals surface area contributed by atoms with Crippen molar-refractivity contribution in [3.05, 3.63) is 80.5 Å². The van der Waals surface area contributed by atoms with E-state index in [1.54, 1.807) is 29.2 Å². The lowest BCUT2D eigenvalue weighted by molar-refractivity contribution is -0.137. The summed E-state index contributed by atoms with van der Waals surface area (Å²) < 4.78 is 39.5. The van der Waals surface area contributed by atoms with Crippen LogP contribution in [0, 0.1) is 0 Å². The fourth-order valence-corrected chi connectivity index (χ4v) is 4.04. The fraction of sp³-hybridized carbons (Fsp3) is 0.348. The van der Waals surface area contributed by atoms with Crippen LogP contribution in [-0.2, 0) is 24.1 Å². The van der Waals surface area contributed by atoms with Crippen molar-refractivity contribution in [2.45, 2.75) is 25.7 Å². The lowest BCUT2D eigenvalue weighted by atomic mass is 10.1. The number of rotatable bonds is 5. The number of carbonyl (C=O) groups excluding carboxylic acids is 1. The van der Waals surface area contributed by atoms with Crippen LogP contribution in [0.15, 0.2) is 58.1 Å². The zero-order valence-corrected chi connectivity index (χ0v) is 17.8. The molecule has 0 unspecified atom stereocenters. The molecule has 2 aromatic carbocycles. The molecule has 1 saturated heterocycles. The van der Waals surface area contributed by atoms with Gasteiger partial charge in [0.05, 0.1) is 16.5 Å². The highest BCUT2D eigenvalue weighted by Crippen LogP contribution is 2.29. The van der Waals surface area contributed by atoms with Gasteiger partial charge < -0.3 is 4.90 Å². The molecule has 4 rings (SSSR count). The predicted molar refractivity (Wildman–Crippen MR) is 117 cm³/mol. The van der Waals surface area contributed by atoms with E-state index in [1.165, 1.54) is 16.7 Å². The number of alkyl halides is 3. The van der Waals surface area contributed by atoms with Crippen LogP contribution < -0.4 is 11.2 Å². The average Bonchev–Trinajstić information content (AvgIpc) is 2.79. The Morgan fingerprint density at radius 1 is 0.939 bits per heavy atom. The number of carbonyl (C=O) groups is 1. The molecule has 2 heterocycles. The number of amides is 1. The molecule has 10 heteroatoms. The van der Waals surface area contributed by atoms with Crippen molar-refractivity contribution in [2.24, 2.45) is 0 Å². The molecule has 0 spiro atoms. The van der Waals surface area contributed by atoms with Gasteiger partial charge >= 0.3 is 11.9 Å². The maximum Gasteiger partial charge on any atom is 0.416 e. The number of hydrogen-bond donors (Lipinski definition) is 1. The topological polar surface area (TPSA) is 78.4 Å². The van der Waals surface area contributed by atoms with E-state index in [9.17, 15) is 27.6 Å². The number of nitrogens with one attached hydrogen (secondary N) is 1. The van der Waals surface area contributed by atoms with Gasteiger partial charge in [0.1, 0.15) is 0 Å². The summed E-state index contributed by atoms with van der Waals surface area (Å²) in [4.78, 5) is 43.0. The van der Waals surface area contributed by atoms with Gasteiger partial charge in [0.15, 0.2) is 0 Å². The number of fused-ring (bicyclic) bond motifs is 1. The Hall–Kier alpha value is -3.40. The maximum absolute atomic E-state index is 12.7. The van der Waals surface area contributed by atoms with E-state index in [-0.39, 0.29) is 18.9 Å². The molecule has 174 valence electrons. The Bertz CT molecular complexity index is 1260. The third kappa shape index (κ3) is 5.16. The van der Waals surface area contributed by atoms with E-state index >= 15 is 0 Å². The predicted octanol–water partition coefficient (Wildman–Crippen LogP) is 2.44. The summed E-state index contributed by atoms with van der Waals surface area (Å²) in [6.07, 6.45) is -4.23. The highest BCUT2D eigenvalue weighted by atomic mass is 19.4. The van der Waals surface area contributed by atoms with Crippen molar-refractivity contribution in [3.63, 3.8) is 0 Å².